The Morgan fingerprint density at radius 3 is 2.89 bits per heavy atom. The van der Waals surface area contributed by atoms with Gasteiger partial charge in [0.15, 0.2) is 0 Å². The van der Waals surface area contributed by atoms with Gasteiger partial charge in [-0.05, 0) is 45.2 Å². The maximum atomic E-state index is 5.21. The molecular weight excluding hydrogens is 224 g/mol. The molecule has 1 fully saturated rings. The number of rotatable bonds is 11. The fourth-order valence-electron chi connectivity index (χ4n) is 2.54. The average molecular weight is 254 g/mol. The van der Waals surface area contributed by atoms with E-state index < -0.39 is 0 Å². The molecule has 1 aliphatic rings. The summed E-state index contributed by atoms with van der Waals surface area (Å²) in [6.45, 7) is 9.27. The van der Waals surface area contributed by atoms with Crippen LogP contribution in [0.15, 0.2) is 12.7 Å². The van der Waals surface area contributed by atoms with Gasteiger partial charge in [0, 0.05) is 26.2 Å². The van der Waals surface area contributed by atoms with Gasteiger partial charge in [-0.3, -0.25) is 4.90 Å². The zero-order chi connectivity index (χ0) is 13.1. The Balaban J connectivity index is 2.14. The lowest BCUT2D eigenvalue weighted by molar-refractivity contribution is 0.140. The second-order valence-corrected chi connectivity index (χ2v) is 5.22. The van der Waals surface area contributed by atoms with E-state index in [1.54, 1.807) is 7.11 Å². The molecule has 3 heteroatoms. The molecule has 1 atom stereocenters. The van der Waals surface area contributed by atoms with Crippen LogP contribution in [0.4, 0.5) is 0 Å². The molecule has 0 aromatic carbocycles. The fraction of sp³-hybridized carbons (Fsp3) is 0.867. The summed E-state index contributed by atoms with van der Waals surface area (Å²) < 4.78 is 5.21. The summed E-state index contributed by atoms with van der Waals surface area (Å²) in [6, 6.07) is 0.704. The summed E-state index contributed by atoms with van der Waals surface area (Å²) in [5, 5.41) is 3.58. The molecule has 0 aliphatic carbocycles. The minimum absolute atomic E-state index is 0.704. The molecule has 0 aromatic heterocycles. The second kappa shape index (κ2) is 10.5. The number of hydrogen-bond donors (Lipinski definition) is 1. The van der Waals surface area contributed by atoms with Crippen molar-refractivity contribution in [2.24, 2.45) is 0 Å². The highest BCUT2D eigenvalue weighted by atomic mass is 16.5. The molecule has 1 unspecified atom stereocenters. The van der Waals surface area contributed by atoms with Crippen molar-refractivity contribution in [1.29, 1.82) is 0 Å². The minimum Gasteiger partial charge on any atom is -0.383 e. The highest BCUT2D eigenvalue weighted by Gasteiger charge is 2.17. The van der Waals surface area contributed by atoms with Gasteiger partial charge in [-0.1, -0.05) is 12.5 Å². The largest absolute Gasteiger partial charge is 0.383 e. The number of nitrogens with one attached hydrogen (secondary N) is 1. The van der Waals surface area contributed by atoms with Gasteiger partial charge in [-0.15, -0.1) is 6.58 Å². The van der Waals surface area contributed by atoms with Gasteiger partial charge >= 0.3 is 0 Å². The topological polar surface area (TPSA) is 24.5 Å². The van der Waals surface area contributed by atoms with E-state index in [0.29, 0.717) is 6.04 Å². The SMILES string of the molecule is C=CCCCCCN(CCOC)CC1CCCN1. The van der Waals surface area contributed by atoms with Crippen molar-refractivity contribution in [1.82, 2.24) is 10.2 Å². The third-order valence-corrected chi connectivity index (χ3v) is 3.64. The molecule has 1 N–H and O–H groups in total. The van der Waals surface area contributed by atoms with Crippen molar-refractivity contribution in [2.45, 2.75) is 44.6 Å². The summed E-state index contributed by atoms with van der Waals surface area (Å²) in [6.07, 6.45) is 9.73. The molecule has 18 heavy (non-hydrogen) atoms. The van der Waals surface area contributed by atoms with Crippen LogP contribution in [0.5, 0.6) is 0 Å². The number of unbranched alkanes of at least 4 members (excludes halogenated alkanes) is 3. The first kappa shape index (κ1) is 15.7. The number of allylic oxidation sites excluding steroid dienone is 1. The zero-order valence-corrected chi connectivity index (χ0v) is 12.0. The fourth-order valence-corrected chi connectivity index (χ4v) is 2.54. The molecule has 0 radical (unpaired) electrons. The van der Waals surface area contributed by atoms with E-state index >= 15 is 0 Å². The predicted octanol–water partition coefficient (Wildman–Crippen LogP) is 2.43. The van der Waals surface area contributed by atoms with E-state index in [1.807, 2.05) is 6.08 Å². The van der Waals surface area contributed by atoms with Crippen molar-refractivity contribution in [3.05, 3.63) is 12.7 Å². The van der Waals surface area contributed by atoms with E-state index in [2.05, 4.69) is 16.8 Å². The van der Waals surface area contributed by atoms with Crippen molar-refractivity contribution in [2.75, 3.05) is 39.9 Å². The molecule has 3 nitrogen and oxygen atoms in total. The van der Waals surface area contributed by atoms with Crippen LogP contribution in [0.1, 0.15) is 38.5 Å². The quantitative estimate of drug-likeness (QED) is 0.453. The summed E-state index contributed by atoms with van der Waals surface area (Å²) in [4.78, 5) is 2.56. The summed E-state index contributed by atoms with van der Waals surface area (Å²) >= 11 is 0. The number of ether oxygens (including phenoxy) is 1. The number of nitrogens with zero attached hydrogens (tertiary/aromatic N) is 1. The second-order valence-electron chi connectivity index (χ2n) is 5.22. The van der Waals surface area contributed by atoms with Crippen molar-refractivity contribution < 1.29 is 4.74 Å². The molecule has 106 valence electrons. The summed E-state index contributed by atoms with van der Waals surface area (Å²) in [7, 11) is 1.79. The van der Waals surface area contributed by atoms with Crippen LogP contribution in [0.2, 0.25) is 0 Å². The molecule has 0 aromatic rings. The van der Waals surface area contributed by atoms with Gasteiger partial charge in [0.05, 0.1) is 6.61 Å². The molecule has 0 spiro atoms. The van der Waals surface area contributed by atoms with Crippen LogP contribution in [0.25, 0.3) is 0 Å². The molecule has 0 bridgehead atoms. The zero-order valence-electron chi connectivity index (χ0n) is 12.0. The highest BCUT2D eigenvalue weighted by molar-refractivity contribution is 4.78. The maximum absolute atomic E-state index is 5.21. The smallest absolute Gasteiger partial charge is 0.0589 e. The predicted molar refractivity (Wildman–Crippen MR) is 78.0 cm³/mol. The molecular formula is C15H30N2O. The number of methoxy groups -OCH3 is 1. The molecule has 1 rings (SSSR count). The normalized spacial score (nSPS) is 19.6. The first-order valence-corrected chi connectivity index (χ1v) is 7.42. The Bertz CT molecular complexity index is 203. The Morgan fingerprint density at radius 2 is 2.22 bits per heavy atom. The summed E-state index contributed by atoms with van der Waals surface area (Å²) in [5.74, 6) is 0. The highest BCUT2D eigenvalue weighted by Crippen LogP contribution is 2.08. The first-order valence-electron chi connectivity index (χ1n) is 7.42. The molecule has 1 saturated heterocycles. The van der Waals surface area contributed by atoms with Crippen LogP contribution in [0, 0.1) is 0 Å². The van der Waals surface area contributed by atoms with Crippen LogP contribution in [-0.4, -0.2) is 50.8 Å². The van der Waals surface area contributed by atoms with E-state index in [9.17, 15) is 0 Å². The monoisotopic (exact) mass is 254 g/mol. The number of hydrogen-bond acceptors (Lipinski definition) is 3. The van der Waals surface area contributed by atoms with Crippen molar-refractivity contribution in [3.63, 3.8) is 0 Å². The van der Waals surface area contributed by atoms with Crippen molar-refractivity contribution in [3.8, 4) is 0 Å². The Hall–Kier alpha value is -0.380. The Morgan fingerprint density at radius 1 is 1.33 bits per heavy atom. The van der Waals surface area contributed by atoms with Gasteiger partial charge in [0.1, 0.15) is 0 Å². The van der Waals surface area contributed by atoms with E-state index in [1.165, 1.54) is 51.7 Å². The molecule has 0 amide bonds. The van der Waals surface area contributed by atoms with E-state index in [0.717, 1.165) is 19.6 Å². The van der Waals surface area contributed by atoms with Crippen LogP contribution in [-0.2, 0) is 4.74 Å². The van der Waals surface area contributed by atoms with Gasteiger partial charge in [-0.2, -0.15) is 0 Å². The van der Waals surface area contributed by atoms with Gasteiger partial charge in [0.2, 0.25) is 0 Å². The third-order valence-electron chi connectivity index (χ3n) is 3.64. The molecule has 0 saturated carbocycles. The minimum atomic E-state index is 0.704. The lowest BCUT2D eigenvalue weighted by atomic mass is 10.1. The van der Waals surface area contributed by atoms with Crippen LogP contribution >= 0.6 is 0 Å². The van der Waals surface area contributed by atoms with E-state index in [-0.39, 0.29) is 0 Å². The van der Waals surface area contributed by atoms with Gasteiger partial charge in [0.25, 0.3) is 0 Å². The summed E-state index contributed by atoms with van der Waals surface area (Å²) in [5.41, 5.74) is 0. The lowest BCUT2D eigenvalue weighted by Gasteiger charge is -2.25. The average Bonchev–Trinajstić information content (AvgIpc) is 2.88. The standard InChI is InChI=1S/C15H30N2O/c1-3-4-5-6-7-11-17(12-13-18-2)14-15-9-8-10-16-15/h3,15-16H,1,4-14H2,2H3. The first-order chi connectivity index (χ1) is 8.86. The van der Waals surface area contributed by atoms with Crippen LogP contribution in [0.3, 0.4) is 0 Å². The Kier molecular flexibility index (Phi) is 9.17. The molecule has 1 heterocycles. The Labute approximate surface area is 113 Å². The van der Waals surface area contributed by atoms with Gasteiger partial charge < -0.3 is 10.1 Å². The van der Waals surface area contributed by atoms with E-state index in [4.69, 9.17) is 4.74 Å². The molecule has 1 aliphatic heterocycles. The van der Waals surface area contributed by atoms with Gasteiger partial charge in [-0.25, -0.2) is 0 Å². The van der Waals surface area contributed by atoms with Crippen LogP contribution < -0.4 is 5.32 Å². The third kappa shape index (κ3) is 7.14. The van der Waals surface area contributed by atoms with Crippen molar-refractivity contribution >= 4 is 0 Å². The maximum Gasteiger partial charge on any atom is 0.0589 e. The lowest BCUT2D eigenvalue weighted by Crippen LogP contribution is -2.39.